The van der Waals surface area contributed by atoms with Crippen molar-refractivity contribution in [3.63, 3.8) is 0 Å². The molecule has 0 aliphatic heterocycles. The van der Waals surface area contributed by atoms with Gasteiger partial charge < -0.3 is 11.1 Å². The zero-order valence-electron chi connectivity index (χ0n) is 17.4. The van der Waals surface area contributed by atoms with Crippen LogP contribution in [0, 0.1) is 0 Å². The molecule has 0 aliphatic rings. The maximum Gasteiger partial charge on any atom is 0.418 e. The second kappa shape index (κ2) is 8.58. The summed E-state index contributed by atoms with van der Waals surface area (Å²) in [5.41, 5.74) is 6.25. The Morgan fingerprint density at radius 3 is 2.53 bits per heavy atom. The van der Waals surface area contributed by atoms with Crippen molar-refractivity contribution in [2.45, 2.75) is 24.9 Å². The quantitative estimate of drug-likeness (QED) is 0.335. The van der Waals surface area contributed by atoms with Crippen LogP contribution in [0.1, 0.15) is 30.2 Å². The highest BCUT2D eigenvalue weighted by Crippen LogP contribution is 2.38. The summed E-state index contributed by atoms with van der Waals surface area (Å²) < 4.78 is 41.3. The topological polar surface area (TPSA) is 92.5 Å². The molecule has 6 nitrogen and oxygen atoms in total. The van der Waals surface area contributed by atoms with Crippen molar-refractivity contribution in [1.82, 2.24) is 20.2 Å². The molecule has 32 heavy (non-hydrogen) atoms. The summed E-state index contributed by atoms with van der Waals surface area (Å²) in [6.45, 7) is 2.84. The molecule has 1 aromatic carbocycles. The standard InChI is InChI=1S/C23H23F3N6.4H2/c1-2-22(13-27,15-7-4-3-5-8-15)14-29-18-11-10-17(23(24,25)26)20(30-18)19-16-9-6-12-28-21(16)32-31-19;;;;/h3-12H,2,13-14,27H2,1H3,(H,29,30)(H,28,31,32);4*1H. The zero-order valence-corrected chi connectivity index (χ0v) is 17.4. The number of nitrogens with two attached hydrogens (primary N) is 1. The molecule has 4 N–H and O–H groups in total. The molecule has 9 heteroatoms. The summed E-state index contributed by atoms with van der Waals surface area (Å²) in [4.78, 5) is 8.41. The molecule has 4 rings (SSSR count). The van der Waals surface area contributed by atoms with Crippen LogP contribution in [0.3, 0.4) is 0 Å². The molecule has 0 fully saturated rings. The number of nitrogens with zero attached hydrogens (tertiary/aromatic N) is 3. The minimum atomic E-state index is -4.57. The van der Waals surface area contributed by atoms with Gasteiger partial charge in [-0.15, -0.1) is 0 Å². The molecule has 1 atom stereocenters. The predicted molar refractivity (Wildman–Crippen MR) is 127 cm³/mol. The van der Waals surface area contributed by atoms with Gasteiger partial charge in [0.25, 0.3) is 0 Å². The number of alkyl halides is 3. The SMILES string of the molecule is CCC(CN)(CNc1ccc(C(F)(F)F)c(-c2[nH]nc3ncccc23)n1)c1ccccc1.[HH].[HH].[HH].[HH]. The van der Waals surface area contributed by atoms with Crippen molar-refractivity contribution >= 4 is 16.9 Å². The van der Waals surface area contributed by atoms with Gasteiger partial charge >= 0.3 is 6.18 Å². The van der Waals surface area contributed by atoms with E-state index in [1.54, 1.807) is 12.1 Å². The summed E-state index contributed by atoms with van der Waals surface area (Å²) in [6.07, 6.45) is -2.29. The van der Waals surface area contributed by atoms with E-state index in [4.69, 9.17) is 5.73 Å². The minimum Gasteiger partial charge on any atom is -0.369 e. The number of H-pyrrole nitrogens is 1. The molecule has 174 valence electrons. The lowest BCUT2D eigenvalue weighted by Crippen LogP contribution is -2.41. The van der Waals surface area contributed by atoms with E-state index in [1.807, 2.05) is 37.3 Å². The normalized spacial score (nSPS) is 13.8. The van der Waals surface area contributed by atoms with Gasteiger partial charge in [0.2, 0.25) is 0 Å². The number of aromatic nitrogens is 4. The van der Waals surface area contributed by atoms with Gasteiger partial charge in [0.15, 0.2) is 5.65 Å². The number of hydrogen-bond donors (Lipinski definition) is 3. The lowest BCUT2D eigenvalue weighted by atomic mass is 9.78. The van der Waals surface area contributed by atoms with Crippen molar-refractivity contribution in [2.75, 3.05) is 18.4 Å². The Morgan fingerprint density at radius 2 is 1.84 bits per heavy atom. The molecule has 0 amide bonds. The first-order chi connectivity index (χ1) is 15.4. The van der Waals surface area contributed by atoms with Gasteiger partial charge in [-0.25, -0.2) is 9.97 Å². The second-order valence-corrected chi connectivity index (χ2v) is 7.62. The highest BCUT2D eigenvalue weighted by atomic mass is 19.4. The molecule has 0 bridgehead atoms. The van der Waals surface area contributed by atoms with E-state index in [1.165, 1.54) is 12.3 Å². The van der Waals surface area contributed by atoms with Crippen LogP contribution < -0.4 is 11.1 Å². The Labute approximate surface area is 189 Å². The lowest BCUT2D eigenvalue weighted by Gasteiger charge is -2.32. The predicted octanol–water partition coefficient (Wildman–Crippen LogP) is 5.74. The molecule has 0 saturated carbocycles. The molecule has 3 heterocycles. The molecular weight excluding hydrogens is 417 g/mol. The van der Waals surface area contributed by atoms with Crippen LogP contribution in [-0.4, -0.2) is 33.3 Å². The van der Waals surface area contributed by atoms with Gasteiger partial charge in [-0.05, 0) is 36.2 Å². The molecule has 1 unspecified atom stereocenters. The fraction of sp³-hybridized carbons (Fsp3) is 0.261. The Kier molecular flexibility index (Phi) is 5.84. The van der Waals surface area contributed by atoms with Crippen molar-refractivity contribution < 1.29 is 18.9 Å². The molecule has 0 saturated heterocycles. The number of fused-ring (bicyclic) bond motifs is 1. The Bertz CT molecular complexity index is 1220. The molecule has 4 aromatic rings. The van der Waals surface area contributed by atoms with Gasteiger partial charge in [0.05, 0.1) is 11.3 Å². The third-order valence-electron chi connectivity index (χ3n) is 5.83. The summed E-state index contributed by atoms with van der Waals surface area (Å²) in [5, 5.41) is 10.4. The van der Waals surface area contributed by atoms with E-state index in [-0.39, 0.29) is 22.5 Å². The van der Waals surface area contributed by atoms with Gasteiger partial charge in [0, 0.05) is 35.8 Å². The van der Waals surface area contributed by atoms with E-state index in [0.717, 1.165) is 18.1 Å². The van der Waals surface area contributed by atoms with E-state index >= 15 is 0 Å². The minimum absolute atomic E-state index is 0. The number of aromatic amines is 1. The number of halogens is 3. The van der Waals surface area contributed by atoms with Gasteiger partial charge in [0.1, 0.15) is 11.5 Å². The number of hydrogen-bond acceptors (Lipinski definition) is 5. The molecule has 0 radical (unpaired) electrons. The molecule has 0 spiro atoms. The van der Waals surface area contributed by atoms with Crippen LogP contribution in [0.15, 0.2) is 60.8 Å². The van der Waals surface area contributed by atoms with E-state index in [9.17, 15) is 13.2 Å². The van der Waals surface area contributed by atoms with Crippen LogP contribution in [0.4, 0.5) is 19.0 Å². The van der Waals surface area contributed by atoms with Crippen molar-refractivity contribution in [2.24, 2.45) is 5.73 Å². The van der Waals surface area contributed by atoms with Crippen molar-refractivity contribution in [3.05, 3.63) is 71.9 Å². The highest BCUT2D eigenvalue weighted by Gasteiger charge is 2.36. The van der Waals surface area contributed by atoms with Gasteiger partial charge in [-0.3, -0.25) is 5.10 Å². The maximum atomic E-state index is 13.8. The Hall–Kier alpha value is -3.46. The first-order valence-electron chi connectivity index (χ1n) is 10.2. The molecule has 0 aliphatic carbocycles. The van der Waals surface area contributed by atoms with Gasteiger partial charge in [-0.2, -0.15) is 18.3 Å². The van der Waals surface area contributed by atoms with Crippen LogP contribution in [0.5, 0.6) is 0 Å². The van der Waals surface area contributed by atoms with Crippen LogP contribution in [0.25, 0.3) is 22.4 Å². The highest BCUT2D eigenvalue weighted by molar-refractivity contribution is 5.90. The van der Waals surface area contributed by atoms with Crippen LogP contribution >= 0.6 is 0 Å². The number of nitrogens with one attached hydrogen (secondary N) is 2. The van der Waals surface area contributed by atoms with E-state index < -0.39 is 11.7 Å². The third kappa shape index (κ3) is 4.03. The number of rotatable bonds is 7. The largest absolute Gasteiger partial charge is 0.418 e. The number of benzene rings is 1. The van der Waals surface area contributed by atoms with Crippen molar-refractivity contribution in [1.29, 1.82) is 0 Å². The first kappa shape index (κ1) is 21.8. The average molecular weight is 449 g/mol. The third-order valence-corrected chi connectivity index (χ3v) is 5.83. The maximum absolute atomic E-state index is 13.8. The smallest absolute Gasteiger partial charge is 0.369 e. The number of pyridine rings is 2. The second-order valence-electron chi connectivity index (χ2n) is 7.62. The molecule has 3 aromatic heterocycles. The first-order valence-corrected chi connectivity index (χ1v) is 10.2. The average Bonchev–Trinajstić information content (AvgIpc) is 3.24. The van der Waals surface area contributed by atoms with Crippen molar-refractivity contribution in [3.8, 4) is 11.4 Å². The summed E-state index contributed by atoms with van der Waals surface area (Å²) in [6, 6.07) is 15.5. The van der Waals surface area contributed by atoms with E-state index in [0.29, 0.717) is 29.9 Å². The monoisotopic (exact) mass is 448 g/mol. The summed E-state index contributed by atoms with van der Waals surface area (Å²) in [5.74, 6) is 0.321. The van der Waals surface area contributed by atoms with E-state index in [2.05, 4.69) is 25.5 Å². The summed E-state index contributed by atoms with van der Waals surface area (Å²) in [7, 11) is 0. The Balaban J connectivity index is 0.00000306. The van der Waals surface area contributed by atoms with Crippen LogP contribution in [0.2, 0.25) is 0 Å². The van der Waals surface area contributed by atoms with Gasteiger partial charge in [-0.1, -0.05) is 37.3 Å². The Morgan fingerprint density at radius 1 is 1.06 bits per heavy atom. The van der Waals surface area contributed by atoms with Crippen LogP contribution in [-0.2, 0) is 11.6 Å². The fourth-order valence-corrected chi connectivity index (χ4v) is 3.82. The molecular formula is C23H31F3N6. The zero-order chi connectivity index (χ0) is 22.8. The number of anilines is 1. The summed E-state index contributed by atoms with van der Waals surface area (Å²) >= 11 is 0. The lowest BCUT2D eigenvalue weighted by molar-refractivity contribution is -0.137. The fourth-order valence-electron chi connectivity index (χ4n) is 3.82.